The summed E-state index contributed by atoms with van der Waals surface area (Å²) in [6.45, 7) is 1.61. The maximum atomic E-state index is 11.9. The molecule has 0 bridgehead atoms. The zero-order valence-corrected chi connectivity index (χ0v) is 11.4. The number of hydrogen-bond acceptors (Lipinski definition) is 4. The summed E-state index contributed by atoms with van der Waals surface area (Å²) < 4.78 is 29.1. The topological polar surface area (TPSA) is 55.4 Å². The van der Waals surface area contributed by atoms with Crippen molar-refractivity contribution in [3.8, 4) is 0 Å². The quantitative estimate of drug-likeness (QED) is 0.824. The van der Waals surface area contributed by atoms with Crippen molar-refractivity contribution in [2.75, 3.05) is 26.0 Å². The molecule has 5 heteroatoms. The number of rotatable bonds is 4. The van der Waals surface area contributed by atoms with E-state index in [1.54, 1.807) is 7.11 Å². The fraction of sp³-hybridized carbons (Fsp3) is 1.00. The van der Waals surface area contributed by atoms with Gasteiger partial charge in [0.05, 0.1) is 17.6 Å². The van der Waals surface area contributed by atoms with Crippen LogP contribution in [-0.4, -0.2) is 45.2 Å². The lowest BCUT2D eigenvalue weighted by atomic mass is 9.84. The van der Waals surface area contributed by atoms with Crippen molar-refractivity contribution in [1.29, 1.82) is 0 Å². The minimum absolute atomic E-state index is 0.102. The van der Waals surface area contributed by atoms with Gasteiger partial charge in [-0.05, 0) is 38.6 Å². The average Bonchev–Trinajstić information content (AvgIpc) is 2.60. The van der Waals surface area contributed by atoms with Gasteiger partial charge < -0.3 is 10.1 Å². The van der Waals surface area contributed by atoms with E-state index in [2.05, 4.69) is 5.32 Å². The van der Waals surface area contributed by atoms with E-state index in [4.69, 9.17) is 4.74 Å². The molecule has 2 saturated heterocycles. The molecule has 0 aromatic heterocycles. The van der Waals surface area contributed by atoms with Crippen LogP contribution in [0.3, 0.4) is 0 Å². The highest BCUT2D eigenvalue weighted by molar-refractivity contribution is 7.92. The lowest BCUT2D eigenvalue weighted by molar-refractivity contribution is 0.0827. The molecule has 0 saturated carbocycles. The monoisotopic (exact) mass is 261 g/mol. The van der Waals surface area contributed by atoms with Crippen LogP contribution in [0, 0.1) is 0 Å². The fourth-order valence-corrected chi connectivity index (χ4v) is 5.19. The third-order valence-electron chi connectivity index (χ3n) is 4.08. The minimum Gasteiger partial charge on any atom is -0.383 e. The summed E-state index contributed by atoms with van der Waals surface area (Å²) in [5.74, 6) is 0.376. The molecular formula is C12H23NO3S. The minimum atomic E-state index is -2.84. The number of methoxy groups -OCH3 is 1. The van der Waals surface area contributed by atoms with Gasteiger partial charge in [-0.3, -0.25) is 0 Å². The predicted molar refractivity (Wildman–Crippen MR) is 67.9 cm³/mol. The van der Waals surface area contributed by atoms with E-state index in [0.717, 1.165) is 32.2 Å². The molecule has 0 spiro atoms. The van der Waals surface area contributed by atoms with E-state index in [9.17, 15) is 8.42 Å². The van der Waals surface area contributed by atoms with Gasteiger partial charge in [-0.15, -0.1) is 0 Å². The maximum Gasteiger partial charge on any atom is 0.153 e. The Hall–Kier alpha value is -0.130. The summed E-state index contributed by atoms with van der Waals surface area (Å²) in [6, 6.07) is 0. The van der Waals surface area contributed by atoms with Gasteiger partial charge in [0.15, 0.2) is 9.84 Å². The summed E-state index contributed by atoms with van der Waals surface area (Å²) in [4.78, 5) is 0. The number of ether oxygens (including phenoxy) is 1. The van der Waals surface area contributed by atoms with Crippen LogP contribution in [0.1, 0.15) is 38.5 Å². The molecule has 2 heterocycles. The smallest absolute Gasteiger partial charge is 0.153 e. The molecule has 0 aromatic carbocycles. The first-order chi connectivity index (χ1) is 8.08. The first kappa shape index (κ1) is 13.3. The predicted octanol–water partition coefficient (Wildman–Crippen LogP) is 1.11. The van der Waals surface area contributed by atoms with Crippen molar-refractivity contribution in [2.45, 2.75) is 49.3 Å². The number of hydrogen-bond donors (Lipinski definition) is 1. The summed E-state index contributed by atoms with van der Waals surface area (Å²) in [7, 11) is -1.14. The Balaban J connectivity index is 2.07. The van der Waals surface area contributed by atoms with Crippen LogP contribution >= 0.6 is 0 Å². The zero-order chi connectivity index (χ0) is 12.4. The lowest BCUT2D eigenvalue weighted by Gasteiger charge is -2.39. The number of sulfone groups is 1. The SMILES string of the molecule is COCC1(CC2CCCS2(=O)=O)CCCCN1. The van der Waals surface area contributed by atoms with E-state index in [0.29, 0.717) is 12.4 Å². The van der Waals surface area contributed by atoms with Crippen LogP contribution < -0.4 is 5.32 Å². The molecular weight excluding hydrogens is 238 g/mol. The molecule has 4 nitrogen and oxygen atoms in total. The van der Waals surface area contributed by atoms with Crippen molar-refractivity contribution in [2.24, 2.45) is 0 Å². The molecule has 2 atom stereocenters. The third-order valence-corrected chi connectivity index (χ3v) is 6.36. The molecule has 0 aromatic rings. The summed E-state index contributed by atoms with van der Waals surface area (Å²) in [5.41, 5.74) is -0.102. The van der Waals surface area contributed by atoms with E-state index in [-0.39, 0.29) is 10.8 Å². The second-order valence-electron chi connectivity index (χ2n) is 5.43. The standard InChI is InChI=1S/C12H23NO3S/c1-16-10-12(6-2-3-7-13-12)9-11-5-4-8-17(11,14)15/h11,13H,2-10H2,1H3. The Bertz CT molecular complexity index is 341. The highest BCUT2D eigenvalue weighted by Gasteiger charge is 2.40. The van der Waals surface area contributed by atoms with E-state index in [1.807, 2.05) is 0 Å². The molecule has 2 aliphatic heterocycles. The molecule has 2 aliphatic rings. The molecule has 0 aliphatic carbocycles. The first-order valence-electron chi connectivity index (χ1n) is 6.54. The number of piperidine rings is 1. The molecule has 100 valence electrons. The van der Waals surface area contributed by atoms with E-state index < -0.39 is 9.84 Å². The maximum absolute atomic E-state index is 11.9. The Morgan fingerprint density at radius 1 is 1.35 bits per heavy atom. The molecule has 0 radical (unpaired) electrons. The Labute approximate surface area is 104 Å². The van der Waals surface area contributed by atoms with Gasteiger partial charge in [0.1, 0.15) is 0 Å². The van der Waals surface area contributed by atoms with Crippen molar-refractivity contribution >= 4 is 9.84 Å². The fourth-order valence-electron chi connectivity index (χ4n) is 3.19. The molecule has 1 N–H and O–H groups in total. The highest BCUT2D eigenvalue weighted by Crippen LogP contribution is 2.32. The lowest BCUT2D eigenvalue weighted by Crippen LogP contribution is -2.54. The van der Waals surface area contributed by atoms with Crippen molar-refractivity contribution < 1.29 is 13.2 Å². The Morgan fingerprint density at radius 2 is 2.18 bits per heavy atom. The van der Waals surface area contributed by atoms with Gasteiger partial charge in [-0.25, -0.2) is 8.42 Å². The van der Waals surface area contributed by atoms with Gasteiger partial charge in [0.25, 0.3) is 0 Å². The second-order valence-corrected chi connectivity index (χ2v) is 7.83. The highest BCUT2D eigenvalue weighted by atomic mass is 32.2. The molecule has 0 amide bonds. The van der Waals surface area contributed by atoms with Gasteiger partial charge in [0.2, 0.25) is 0 Å². The molecule has 2 fully saturated rings. The average molecular weight is 261 g/mol. The van der Waals surface area contributed by atoms with Crippen LogP contribution in [0.15, 0.2) is 0 Å². The zero-order valence-electron chi connectivity index (χ0n) is 10.6. The number of nitrogens with one attached hydrogen (secondary N) is 1. The molecule has 17 heavy (non-hydrogen) atoms. The van der Waals surface area contributed by atoms with Crippen LogP contribution in [0.4, 0.5) is 0 Å². The van der Waals surface area contributed by atoms with Crippen molar-refractivity contribution in [3.63, 3.8) is 0 Å². The summed E-state index contributed by atoms with van der Waals surface area (Å²) in [6.07, 6.45) is 5.77. The molecule has 2 rings (SSSR count). The molecule has 2 unspecified atom stereocenters. The summed E-state index contributed by atoms with van der Waals surface area (Å²) in [5, 5.41) is 3.36. The largest absolute Gasteiger partial charge is 0.383 e. The van der Waals surface area contributed by atoms with Crippen LogP contribution in [0.2, 0.25) is 0 Å². The summed E-state index contributed by atoms with van der Waals surface area (Å²) >= 11 is 0. The van der Waals surface area contributed by atoms with Gasteiger partial charge in [-0.1, -0.05) is 6.42 Å². The second kappa shape index (κ2) is 5.24. The van der Waals surface area contributed by atoms with Gasteiger partial charge in [0, 0.05) is 12.6 Å². The Kier molecular flexibility index (Phi) is 4.10. The van der Waals surface area contributed by atoms with Gasteiger partial charge >= 0.3 is 0 Å². The van der Waals surface area contributed by atoms with Crippen LogP contribution in [0.5, 0.6) is 0 Å². The van der Waals surface area contributed by atoms with Gasteiger partial charge in [-0.2, -0.15) is 0 Å². The van der Waals surface area contributed by atoms with Crippen molar-refractivity contribution in [3.05, 3.63) is 0 Å². The van der Waals surface area contributed by atoms with Crippen LogP contribution in [-0.2, 0) is 14.6 Å². The van der Waals surface area contributed by atoms with E-state index in [1.165, 1.54) is 12.8 Å². The van der Waals surface area contributed by atoms with E-state index >= 15 is 0 Å². The normalized spacial score (nSPS) is 37.1. The van der Waals surface area contributed by atoms with Crippen LogP contribution in [0.25, 0.3) is 0 Å². The first-order valence-corrected chi connectivity index (χ1v) is 8.25. The van der Waals surface area contributed by atoms with Crippen molar-refractivity contribution in [1.82, 2.24) is 5.32 Å². The Morgan fingerprint density at radius 3 is 2.71 bits per heavy atom. The third kappa shape index (κ3) is 3.01.